The van der Waals surface area contributed by atoms with Gasteiger partial charge in [-0.2, -0.15) is 0 Å². The van der Waals surface area contributed by atoms with E-state index in [1.54, 1.807) is 6.26 Å². The summed E-state index contributed by atoms with van der Waals surface area (Å²) in [7, 11) is -1.59. The van der Waals surface area contributed by atoms with Gasteiger partial charge in [0.25, 0.3) is 0 Å². The molecule has 2 aliphatic carbocycles. The molecule has 1 heterocycles. The second-order valence-corrected chi connectivity index (χ2v) is 6.96. The minimum Gasteiger partial charge on any atom is -0.464 e. The van der Waals surface area contributed by atoms with Crippen LogP contribution < -0.4 is 5.32 Å². The summed E-state index contributed by atoms with van der Waals surface area (Å²) in [5, 5.41) is 23.1. The lowest BCUT2D eigenvalue weighted by Crippen LogP contribution is -2.49. The van der Waals surface area contributed by atoms with Crippen LogP contribution in [0.25, 0.3) is 11.0 Å². The molecule has 0 bridgehead atoms. The highest BCUT2D eigenvalue weighted by Gasteiger charge is 2.61. The van der Waals surface area contributed by atoms with E-state index in [9.17, 15) is 14.8 Å². The van der Waals surface area contributed by atoms with Gasteiger partial charge < -0.3 is 19.8 Å². The summed E-state index contributed by atoms with van der Waals surface area (Å²) in [6.07, 6.45) is 6.36. The summed E-state index contributed by atoms with van der Waals surface area (Å²) in [6.45, 7) is 0. The van der Waals surface area contributed by atoms with Crippen LogP contribution in [0.15, 0.2) is 34.9 Å². The van der Waals surface area contributed by atoms with Crippen LogP contribution in [-0.2, 0) is 11.2 Å². The largest absolute Gasteiger partial charge is 0.475 e. The minimum absolute atomic E-state index is 0.0457. The quantitative estimate of drug-likeness (QED) is 0.733. The third-order valence-electron chi connectivity index (χ3n) is 5.54. The van der Waals surface area contributed by atoms with Crippen LogP contribution in [0.4, 0.5) is 0 Å². The van der Waals surface area contributed by atoms with Crippen molar-refractivity contribution < 1.29 is 19.3 Å². The van der Waals surface area contributed by atoms with Crippen molar-refractivity contribution in [3.05, 3.63) is 36.1 Å². The summed E-state index contributed by atoms with van der Waals surface area (Å²) in [5.41, 5.74) is 1.86. The number of amides is 1. The van der Waals surface area contributed by atoms with Crippen molar-refractivity contribution in [3.8, 4) is 0 Å². The Kier molecular flexibility index (Phi) is 3.46. The fourth-order valence-corrected chi connectivity index (χ4v) is 3.84. The van der Waals surface area contributed by atoms with Crippen LogP contribution in [0, 0.1) is 11.3 Å². The van der Waals surface area contributed by atoms with E-state index in [1.807, 2.05) is 24.3 Å². The molecule has 3 N–H and O–H groups in total. The van der Waals surface area contributed by atoms with Crippen molar-refractivity contribution in [3.63, 3.8) is 0 Å². The van der Waals surface area contributed by atoms with E-state index in [-0.39, 0.29) is 17.2 Å². The second kappa shape index (κ2) is 5.39. The summed E-state index contributed by atoms with van der Waals surface area (Å²) in [4.78, 5) is 12.4. The maximum Gasteiger partial charge on any atom is 0.475 e. The number of fused-ring (bicyclic) bond motifs is 1. The van der Waals surface area contributed by atoms with Crippen LogP contribution in [0.3, 0.4) is 0 Å². The number of hydrogen-bond donors (Lipinski definition) is 3. The molecule has 6 heteroatoms. The molecule has 1 aromatic heterocycles. The van der Waals surface area contributed by atoms with Gasteiger partial charge >= 0.3 is 7.12 Å². The normalized spacial score (nSPS) is 22.6. The number of benzene rings is 1. The molecule has 2 fully saturated rings. The molecule has 2 saturated carbocycles. The Hall–Kier alpha value is -1.79. The molecule has 1 amide bonds. The van der Waals surface area contributed by atoms with Gasteiger partial charge in [0, 0.05) is 11.3 Å². The van der Waals surface area contributed by atoms with Crippen LogP contribution >= 0.6 is 0 Å². The Morgan fingerprint density at radius 1 is 1.39 bits per heavy atom. The molecule has 1 unspecified atom stereocenters. The van der Waals surface area contributed by atoms with Crippen LogP contribution in [-0.4, -0.2) is 29.0 Å². The van der Waals surface area contributed by atoms with Gasteiger partial charge in [-0.3, -0.25) is 4.79 Å². The Morgan fingerprint density at radius 2 is 2.17 bits per heavy atom. The van der Waals surface area contributed by atoms with Crippen LogP contribution in [0.5, 0.6) is 0 Å². The first kappa shape index (κ1) is 14.8. The lowest BCUT2D eigenvalue weighted by atomic mass is 9.75. The van der Waals surface area contributed by atoms with Crippen molar-refractivity contribution in [2.24, 2.45) is 11.3 Å². The number of rotatable bonds is 5. The highest BCUT2D eigenvalue weighted by atomic mass is 16.4. The van der Waals surface area contributed by atoms with E-state index in [4.69, 9.17) is 4.42 Å². The van der Waals surface area contributed by atoms with Gasteiger partial charge in [-0.1, -0.05) is 24.6 Å². The van der Waals surface area contributed by atoms with E-state index in [2.05, 4.69) is 5.32 Å². The predicted molar refractivity (Wildman–Crippen MR) is 86.4 cm³/mol. The average molecular weight is 313 g/mol. The molecule has 2 aliphatic rings. The van der Waals surface area contributed by atoms with Crippen LogP contribution in [0.1, 0.15) is 31.2 Å². The first-order valence-corrected chi connectivity index (χ1v) is 8.21. The monoisotopic (exact) mass is 313 g/mol. The zero-order valence-corrected chi connectivity index (χ0v) is 12.9. The molecule has 23 heavy (non-hydrogen) atoms. The predicted octanol–water partition coefficient (Wildman–Crippen LogP) is 1.66. The summed E-state index contributed by atoms with van der Waals surface area (Å²) < 4.78 is 5.48. The molecule has 2 atom stereocenters. The molecule has 120 valence electrons. The van der Waals surface area contributed by atoms with Crippen molar-refractivity contribution in [1.82, 2.24) is 5.32 Å². The molecule has 2 aromatic rings. The fourth-order valence-electron chi connectivity index (χ4n) is 3.84. The Bertz CT molecular complexity index is 737. The number of para-hydroxylation sites is 1. The number of carbonyl (C=O) groups excluding carboxylic acids is 1. The zero-order chi connectivity index (χ0) is 16.0. The molecular formula is C17H20BNO4. The van der Waals surface area contributed by atoms with Gasteiger partial charge in [-0.05, 0) is 42.7 Å². The van der Waals surface area contributed by atoms with Crippen LogP contribution in [0.2, 0.25) is 0 Å². The first-order valence-electron chi connectivity index (χ1n) is 8.21. The van der Waals surface area contributed by atoms with E-state index >= 15 is 0 Å². The summed E-state index contributed by atoms with van der Waals surface area (Å²) in [6, 6.07) is 7.60. The summed E-state index contributed by atoms with van der Waals surface area (Å²) in [5.74, 6) is -0.713. The summed E-state index contributed by atoms with van der Waals surface area (Å²) >= 11 is 0. The van der Waals surface area contributed by atoms with Gasteiger partial charge in [0.1, 0.15) is 5.58 Å². The molecule has 4 rings (SSSR count). The lowest BCUT2D eigenvalue weighted by molar-refractivity contribution is -0.124. The number of nitrogens with one attached hydrogen (secondary N) is 1. The van der Waals surface area contributed by atoms with E-state index in [0.717, 1.165) is 35.8 Å². The van der Waals surface area contributed by atoms with Gasteiger partial charge in [0.05, 0.1) is 12.2 Å². The maximum absolute atomic E-state index is 12.4. The average Bonchev–Trinajstić information content (AvgIpc) is 3.17. The van der Waals surface area contributed by atoms with Crippen molar-refractivity contribution in [2.75, 3.05) is 0 Å². The van der Waals surface area contributed by atoms with E-state index < -0.39 is 13.1 Å². The molecule has 0 saturated heterocycles. The number of carbonyl (C=O) groups is 1. The molecule has 0 radical (unpaired) electrons. The maximum atomic E-state index is 12.4. The third-order valence-corrected chi connectivity index (χ3v) is 5.54. The number of hydrogen-bond acceptors (Lipinski definition) is 4. The topological polar surface area (TPSA) is 82.7 Å². The Balaban J connectivity index is 1.47. The van der Waals surface area contributed by atoms with Crippen molar-refractivity contribution in [2.45, 2.75) is 38.0 Å². The smallest absolute Gasteiger partial charge is 0.464 e. The van der Waals surface area contributed by atoms with Gasteiger partial charge in [0.15, 0.2) is 0 Å². The molecule has 5 nitrogen and oxygen atoms in total. The van der Waals surface area contributed by atoms with Gasteiger partial charge in [-0.15, -0.1) is 0 Å². The van der Waals surface area contributed by atoms with Crippen molar-refractivity contribution >= 4 is 24.0 Å². The van der Waals surface area contributed by atoms with Crippen molar-refractivity contribution in [1.29, 1.82) is 0 Å². The SMILES string of the molecule is O=C(N[C@@H](Cc1coc2ccccc12)B(O)O)C1CC12CCC2. The van der Waals surface area contributed by atoms with Gasteiger partial charge in [0.2, 0.25) is 5.91 Å². The fraction of sp³-hybridized carbons (Fsp3) is 0.471. The Morgan fingerprint density at radius 3 is 2.83 bits per heavy atom. The number of furan rings is 1. The third kappa shape index (κ3) is 2.56. The first-order chi connectivity index (χ1) is 11.1. The molecule has 1 aromatic carbocycles. The highest BCUT2D eigenvalue weighted by molar-refractivity contribution is 6.43. The Labute approximate surface area is 134 Å². The standard InChI is InChI=1S/C17H20BNO4/c20-16(13-9-17(13)6-3-7-17)19-15(18(21)22)8-11-10-23-14-5-2-1-4-12(11)14/h1-2,4-5,10,13,15,21-22H,3,6-9H2,(H,19,20)/t13?,15-/m0/s1. The molecular weight excluding hydrogens is 293 g/mol. The highest BCUT2D eigenvalue weighted by Crippen LogP contribution is 2.65. The lowest BCUT2D eigenvalue weighted by Gasteiger charge is -2.27. The minimum atomic E-state index is -1.59. The molecule has 1 spiro atoms. The van der Waals surface area contributed by atoms with E-state index in [0.29, 0.717) is 6.42 Å². The zero-order valence-electron chi connectivity index (χ0n) is 12.9. The second-order valence-electron chi connectivity index (χ2n) is 6.96. The van der Waals surface area contributed by atoms with Gasteiger partial charge in [-0.25, -0.2) is 0 Å². The molecule has 0 aliphatic heterocycles. The van der Waals surface area contributed by atoms with E-state index in [1.165, 1.54) is 6.42 Å².